The number of nitrogens with zero attached hydrogens (tertiary/aromatic N) is 1. The number of amides is 2. The molecule has 2 rings (SSSR count). The van der Waals surface area contributed by atoms with Crippen molar-refractivity contribution in [1.29, 1.82) is 0 Å². The lowest BCUT2D eigenvalue weighted by Gasteiger charge is -2.21. The van der Waals surface area contributed by atoms with E-state index in [1.165, 1.54) is 0 Å². The summed E-state index contributed by atoms with van der Waals surface area (Å²) < 4.78 is 0. The standard InChI is InChI=1S/C14H19N3O2/c1-10-4-5-12(15-2)11(8-10)14(19)17-7-3-6-16-13(18)9-17/h4-5,8,15H,3,6-7,9H2,1-2H3,(H,16,18). The SMILES string of the molecule is CNc1ccc(C)cc1C(=O)N1CCCNC(=O)C1. The van der Waals surface area contributed by atoms with E-state index in [9.17, 15) is 9.59 Å². The van der Waals surface area contributed by atoms with E-state index in [1.807, 2.05) is 25.1 Å². The number of benzene rings is 1. The van der Waals surface area contributed by atoms with Gasteiger partial charge >= 0.3 is 0 Å². The summed E-state index contributed by atoms with van der Waals surface area (Å²) in [5, 5.41) is 5.79. The van der Waals surface area contributed by atoms with Crippen molar-refractivity contribution in [3.8, 4) is 0 Å². The molecule has 0 unspecified atom stereocenters. The first-order valence-corrected chi connectivity index (χ1v) is 6.46. The summed E-state index contributed by atoms with van der Waals surface area (Å²) in [5.41, 5.74) is 2.44. The van der Waals surface area contributed by atoms with E-state index in [0.717, 1.165) is 17.7 Å². The molecular formula is C14H19N3O2. The minimum atomic E-state index is -0.0930. The van der Waals surface area contributed by atoms with Crippen molar-refractivity contribution in [3.05, 3.63) is 29.3 Å². The highest BCUT2D eigenvalue weighted by molar-refractivity contribution is 6.01. The van der Waals surface area contributed by atoms with Gasteiger partial charge in [-0.2, -0.15) is 0 Å². The summed E-state index contributed by atoms with van der Waals surface area (Å²) >= 11 is 0. The summed E-state index contributed by atoms with van der Waals surface area (Å²) in [5.74, 6) is -0.186. The Morgan fingerprint density at radius 2 is 2.21 bits per heavy atom. The van der Waals surface area contributed by atoms with Gasteiger partial charge in [0, 0.05) is 25.8 Å². The average Bonchev–Trinajstić information content (AvgIpc) is 2.62. The van der Waals surface area contributed by atoms with Crippen LogP contribution in [-0.4, -0.2) is 43.4 Å². The summed E-state index contributed by atoms with van der Waals surface area (Å²) in [6.07, 6.45) is 0.790. The predicted molar refractivity (Wildman–Crippen MR) is 74.3 cm³/mol. The largest absolute Gasteiger partial charge is 0.387 e. The highest BCUT2D eigenvalue weighted by Gasteiger charge is 2.22. The lowest BCUT2D eigenvalue weighted by atomic mass is 10.1. The van der Waals surface area contributed by atoms with Crippen molar-refractivity contribution in [2.75, 3.05) is 32.0 Å². The molecule has 1 saturated heterocycles. The predicted octanol–water partition coefficient (Wildman–Crippen LogP) is 0.999. The lowest BCUT2D eigenvalue weighted by Crippen LogP contribution is -2.37. The van der Waals surface area contributed by atoms with Crippen LogP contribution >= 0.6 is 0 Å². The summed E-state index contributed by atoms with van der Waals surface area (Å²) in [6, 6.07) is 5.70. The molecule has 102 valence electrons. The molecule has 1 fully saturated rings. The van der Waals surface area contributed by atoms with Gasteiger partial charge in [0.2, 0.25) is 5.91 Å². The number of carbonyl (C=O) groups excluding carboxylic acids is 2. The average molecular weight is 261 g/mol. The number of aryl methyl sites for hydroxylation is 1. The van der Waals surface area contributed by atoms with Gasteiger partial charge in [0.15, 0.2) is 0 Å². The zero-order valence-electron chi connectivity index (χ0n) is 11.3. The van der Waals surface area contributed by atoms with Gasteiger partial charge in [-0.1, -0.05) is 11.6 Å². The van der Waals surface area contributed by atoms with Crippen LogP contribution in [0, 0.1) is 6.92 Å². The Kier molecular flexibility index (Phi) is 4.04. The van der Waals surface area contributed by atoms with Gasteiger partial charge in [-0.15, -0.1) is 0 Å². The zero-order valence-corrected chi connectivity index (χ0v) is 11.3. The smallest absolute Gasteiger partial charge is 0.256 e. The van der Waals surface area contributed by atoms with Gasteiger partial charge in [-0.25, -0.2) is 0 Å². The third-order valence-corrected chi connectivity index (χ3v) is 3.22. The van der Waals surface area contributed by atoms with Crippen LogP contribution in [0.2, 0.25) is 0 Å². The Balaban J connectivity index is 2.27. The number of hydrogen-bond acceptors (Lipinski definition) is 3. The Labute approximate surface area is 113 Å². The van der Waals surface area contributed by atoms with E-state index in [2.05, 4.69) is 10.6 Å². The second kappa shape index (κ2) is 5.73. The van der Waals surface area contributed by atoms with Gasteiger partial charge in [0.1, 0.15) is 0 Å². The number of hydrogen-bond donors (Lipinski definition) is 2. The Hall–Kier alpha value is -2.04. The first kappa shape index (κ1) is 13.4. The fourth-order valence-corrected chi connectivity index (χ4v) is 2.20. The fraction of sp³-hybridized carbons (Fsp3) is 0.429. The highest BCUT2D eigenvalue weighted by atomic mass is 16.2. The zero-order chi connectivity index (χ0) is 13.8. The molecule has 0 saturated carbocycles. The number of nitrogens with one attached hydrogen (secondary N) is 2. The van der Waals surface area contributed by atoms with Gasteiger partial charge in [0.25, 0.3) is 5.91 Å². The molecule has 1 aliphatic rings. The van der Waals surface area contributed by atoms with Crippen LogP contribution in [0.3, 0.4) is 0 Å². The van der Waals surface area contributed by atoms with Crippen LogP contribution in [0.5, 0.6) is 0 Å². The molecule has 0 spiro atoms. The maximum Gasteiger partial charge on any atom is 0.256 e. The van der Waals surface area contributed by atoms with Gasteiger partial charge in [-0.05, 0) is 25.5 Å². The number of rotatable bonds is 2. The second-order valence-corrected chi connectivity index (χ2v) is 4.73. The van der Waals surface area contributed by atoms with E-state index < -0.39 is 0 Å². The fourth-order valence-electron chi connectivity index (χ4n) is 2.20. The van der Waals surface area contributed by atoms with Crippen molar-refractivity contribution >= 4 is 17.5 Å². The molecule has 5 nitrogen and oxygen atoms in total. The van der Waals surface area contributed by atoms with E-state index in [-0.39, 0.29) is 18.4 Å². The monoisotopic (exact) mass is 261 g/mol. The van der Waals surface area contributed by atoms with Crippen LogP contribution in [0.25, 0.3) is 0 Å². The first-order valence-electron chi connectivity index (χ1n) is 6.46. The van der Waals surface area contributed by atoms with Crippen LogP contribution in [0.4, 0.5) is 5.69 Å². The van der Waals surface area contributed by atoms with Gasteiger partial charge in [-0.3, -0.25) is 9.59 Å². The third-order valence-electron chi connectivity index (χ3n) is 3.22. The molecule has 1 aromatic rings. The molecule has 1 heterocycles. The van der Waals surface area contributed by atoms with Crippen molar-refractivity contribution in [1.82, 2.24) is 10.2 Å². The van der Waals surface area contributed by atoms with Crippen LogP contribution < -0.4 is 10.6 Å². The molecule has 0 aromatic heterocycles. The molecule has 2 N–H and O–H groups in total. The second-order valence-electron chi connectivity index (χ2n) is 4.73. The first-order chi connectivity index (χ1) is 9.11. The molecule has 1 aromatic carbocycles. The quantitative estimate of drug-likeness (QED) is 0.835. The maximum absolute atomic E-state index is 12.5. The Morgan fingerprint density at radius 3 is 2.95 bits per heavy atom. The van der Waals surface area contributed by atoms with E-state index in [4.69, 9.17) is 0 Å². The maximum atomic E-state index is 12.5. The molecular weight excluding hydrogens is 242 g/mol. The van der Waals surface area contributed by atoms with Crippen molar-refractivity contribution < 1.29 is 9.59 Å². The Morgan fingerprint density at radius 1 is 1.42 bits per heavy atom. The van der Waals surface area contributed by atoms with Crippen molar-refractivity contribution in [3.63, 3.8) is 0 Å². The van der Waals surface area contributed by atoms with E-state index in [0.29, 0.717) is 18.7 Å². The number of carbonyl (C=O) groups is 2. The van der Waals surface area contributed by atoms with E-state index >= 15 is 0 Å². The molecule has 0 atom stereocenters. The van der Waals surface area contributed by atoms with Crippen molar-refractivity contribution in [2.24, 2.45) is 0 Å². The van der Waals surface area contributed by atoms with Crippen molar-refractivity contribution in [2.45, 2.75) is 13.3 Å². The molecule has 2 amide bonds. The minimum Gasteiger partial charge on any atom is -0.387 e. The highest BCUT2D eigenvalue weighted by Crippen LogP contribution is 2.19. The molecule has 19 heavy (non-hydrogen) atoms. The third kappa shape index (κ3) is 3.05. The van der Waals surface area contributed by atoms with E-state index in [1.54, 1.807) is 11.9 Å². The Bertz CT molecular complexity index is 499. The molecule has 0 bridgehead atoms. The lowest BCUT2D eigenvalue weighted by molar-refractivity contribution is -0.121. The molecule has 0 aliphatic carbocycles. The van der Waals surface area contributed by atoms with Crippen LogP contribution in [0.1, 0.15) is 22.3 Å². The molecule has 1 aliphatic heterocycles. The topological polar surface area (TPSA) is 61.4 Å². The van der Waals surface area contributed by atoms with Gasteiger partial charge < -0.3 is 15.5 Å². The molecule has 5 heteroatoms. The number of anilines is 1. The van der Waals surface area contributed by atoms with Gasteiger partial charge in [0.05, 0.1) is 12.1 Å². The van der Waals surface area contributed by atoms with Crippen LogP contribution in [0.15, 0.2) is 18.2 Å². The summed E-state index contributed by atoms with van der Waals surface area (Å²) in [4.78, 5) is 25.7. The molecule has 0 radical (unpaired) electrons. The minimum absolute atomic E-state index is 0.0925. The van der Waals surface area contributed by atoms with Crippen LogP contribution in [-0.2, 0) is 4.79 Å². The normalized spacial score (nSPS) is 15.7. The summed E-state index contributed by atoms with van der Waals surface area (Å²) in [6.45, 7) is 3.32. The summed E-state index contributed by atoms with van der Waals surface area (Å²) in [7, 11) is 1.79.